The molecule has 3 heterocycles. The van der Waals surface area contributed by atoms with Crippen molar-refractivity contribution >= 4 is 17.3 Å². The van der Waals surface area contributed by atoms with Crippen LogP contribution < -0.4 is 10.2 Å². The van der Waals surface area contributed by atoms with E-state index in [9.17, 15) is 4.79 Å². The topological polar surface area (TPSA) is 59.4 Å². The Morgan fingerprint density at radius 3 is 2.31 bits per heavy atom. The summed E-state index contributed by atoms with van der Waals surface area (Å²) in [5.41, 5.74) is 3.11. The average molecular weight is 346 g/mol. The first-order chi connectivity index (χ1) is 12.7. The van der Waals surface area contributed by atoms with Crippen molar-refractivity contribution in [2.24, 2.45) is 0 Å². The van der Waals surface area contributed by atoms with Crippen molar-refractivity contribution in [1.29, 1.82) is 5.26 Å². The molecule has 132 valence electrons. The second-order valence-corrected chi connectivity index (χ2v) is 6.96. The lowest BCUT2D eigenvalue weighted by molar-refractivity contribution is 0.102. The van der Waals surface area contributed by atoms with Crippen molar-refractivity contribution < 1.29 is 4.79 Å². The van der Waals surface area contributed by atoms with Crippen LogP contribution in [0.3, 0.4) is 0 Å². The number of anilines is 2. The molecule has 3 aliphatic rings. The number of hydrogen-bond acceptors (Lipinski definition) is 4. The Morgan fingerprint density at radius 1 is 0.962 bits per heavy atom. The Balaban J connectivity index is 1.44. The summed E-state index contributed by atoms with van der Waals surface area (Å²) in [6.45, 7) is 4.62. The van der Waals surface area contributed by atoms with Crippen LogP contribution in [0.5, 0.6) is 0 Å². The van der Waals surface area contributed by atoms with E-state index in [1.165, 1.54) is 31.6 Å². The van der Waals surface area contributed by atoms with E-state index >= 15 is 0 Å². The average Bonchev–Trinajstić information content (AvgIpc) is 3.02. The number of carbonyl (C=O) groups excluding carboxylic acids is 1. The summed E-state index contributed by atoms with van der Waals surface area (Å²) >= 11 is 0. The predicted octanol–water partition coefficient (Wildman–Crippen LogP) is 3.09. The number of nitrogens with zero attached hydrogens (tertiary/aromatic N) is 3. The first-order valence-electron chi connectivity index (χ1n) is 9.13. The molecule has 2 aromatic carbocycles. The van der Waals surface area contributed by atoms with Crippen LogP contribution >= 0.6 is 0 Å². The number of amides is 1. The van der Waals surface area contributed by atoms with E-state index in [4.69, 9.17) is 5.26 Å². The molecule has 2 aromatic rings. The molecule has 3 fully saturated rings. The summed E-state index contributed by atoms with van der Waals surface area (Å²) in [7, 11) is 0. The molecule has 5 heteroatoms. The van der Waals surface area contributed by atoms with Gasteiger partial charge in [-0.05, 0) is 61.4 Å². The molecule has 5 nitrogen and oxygen atoms in total. The second-order valence-electron chi connectivity index (χ2n) is 6.96. The van der Waals surface area contributed by atoms with Crippen LogP contribution in [-0.2, 0) is 0 Å². The lowest BCUT2D eigenvalue weighted by Crippen LogP contribution is -2.37. The zero-order chi connectivity index (χ0) is 17.9. The van der Waals surface area contributed by atoms with E-state index < -0.39 is 0 Å². The number of nitrogens with one attached hydrogen (secondary N) is 1. The van der Waals surface area contributed by atoms with Crippen molar-refractivity contribution in [2.45, 2.75) is 18.9 Å². The maximum atomic E-state index is 12.3. The van der Waals surface area contributed by atoms with Gasteiger partial charge in [0.15, 0.2) is 0 Å². The summed E-state index contributed by atoms with van der Waals surface area (Å²) < 4.78 is 0. The first-order valence-corrected chi connectivity index (χ1v) is 9.13. The van der Waals surface area contributed by atoms with E-state index in [0.717, 1.165) is 18.8 Å². The van der Waals surface area contributed by atoms with Gasteiger partial charge in [0, 0.05) is 49.2 Å². The molecule has 26 heavy (non-hydrogen) atoms. The van der Waals surface area contributed by atoms with E-state index in [-0.39, 0.29) is 5.91 Å². The van der Waals surface area contributed by atoms with Gasteiger partial charge in [-0.3, -0.25) is 4.79 Å². The summed E-state index contributed by atoms with van der Waals surface area (Å²) in [6.07, 6.45) is 2.47. The third-order valence-electron chi connectivity index (χ3n) is 5.39. The Hall–Kier alpha value is -2.84. The molecule has 0 aromatic heterocycles. The third-order valence-corrected chi connectivity index (χ3v) is 5.39. The van der Waals surface area contributed by atoms with Crippen LogP contribution in [0.4, 0.5) is 11.4 Å². The number of rotatable bonds is 3. The van der Waals surface area contributed by atoms with Crippen molar-refractivity contribution in [3.8, 4) is 6.07 Å². The summed E-state index contributed by atoms with van der Waals surface area (Å²) in [5.74, 6) is -0.163. The second kappa shape index (κ2) is 7.19. The molecule has 1 N–H and O–H groups in total. The fourth-order valence-corrected chi connectivity index (χ4v) is 3.86. The van der Waals surface area contributed by atoms with Crippen molar-refractivity contribution in [3.63, 3.8) is 0 Å². The molecule has 3 saturated heterocycles. The van der Waals surface area contributed by atoms with Crippen molar-refractivity contribution in [2.75, 3.05) is 36.4 Å². The molecule has 5 rings (SSSR count). The Kier molecular flexibility index (Phi) is 4.59. The largest absolute Gasteiger partial charge is 0.367 e. The van der Waals surface area contributed by atoms with Gasteiger partial charge in [0.05, 0.1) is 11.6 Å². The number of carbonyl (C=O) groups is 1. The van der Waals surface area contributed by atoms with Gasteiger partial charge in [-0.2, -0.15) is 5.26 Å². The van der Waals surface area contributed by atoms with Crippen LogP contribution in [-0.4, -0.2) is 43.0 Å². The normalized spacial score (nSPS) is 21.7. The maximum Gasteiger partial charge on any atom is 0.255 e. The molecule has 1 amide bonds. The molecule has 0 aliphatic carbocycles. The van der Waals surface area contributed by atoms with Crippen LogP contribution in [0.15, 0.2) is 48.5 Å². The quantitative estimate of drug-likeness (QED) is 0.928. The number of hydrogen-bond donors (Lipinski definition) is 1. The lowest BCUT2D eigenvalue weighted by Gasteiger charge is -2.33. The third kappa shape index (κ3) is 3.42. The summed E-state index contributed by atoms with van der Waals surface area (Å²) in [6, 6.07) is 17.5. The van der Waals surface area contributed by atoms with Crippen LogP contribution in [0.25, 0.3) is 0 Å². The molecule has 0 spiro atoms. The standard InChI is InChI=1S/C21H22N4O/c22-15-16-1-3-17(4-2-16)21(26)23-18-5-7-19(8-6-18)25-14-13-24-11-9-20(25)10-12-24/h1-8,20H,9-14H2,(H,23,26). The van der Waals surface area contributed by atoms with Gasteiger partial charge in [-0.25, -0.2) is 0 Å². The van der Waals surface area contributed by atoms with Gasteiger partial charge in [-0.15, -0.1) is 0 Å². The lowest BCUT2D eigenvalue weighted by atomic mass is 10.0. The maximum absolute atomic E-state index is 12.3. The molecule has 3 aliphatic heterocycles. The van der Waals surface area contributed by atoms with Crippen LogP contribution in [0.2, 0.25) is 0 Å². The van der Waals surface area contributed by atoms with Gasteiger partial charge in [0.1, 0.15) is 0 Å². The zero-order valence-electron chi connectivity index (χ0n) is 14.7. The smallest absolute Gasteiger partial charge is 0.255 e. The fraction of sp³-hybridized carbons (Fsp3) is 0.333. The molecular formula is C21H22N4O. The van der Waals surface area contributed by atoms with E-state index in [0.29, 0.717) is 17.2 Å². The van der Waals surface area contributed by atoms with E-state index in [2.05, 4.69) is 33.3 Å². The molecule has 0 radical (unpaired) electrons. The minimum atomic E-state index is -0.163. The SMILES string of the molecule is N#Cc1ccc(C(=O)Nc2ccc(N3CCN4CCC3CC4)cc2)cc1. The predicted molar refractivity (Wildman–Crippen MR) is 102 cm³/mol. The number of nitriles is 1. The van der Waals surface area contributed by atoms with Crippen molar-refractivity contribution in [1.82, 2.24) is 4.90 Å². The minimum Gasteiger partial charge on any atom is -0.367 e. The Labute approximate surface area is 153 Å². The van der Waals surface area contributed by atoms with Gasteiger partial charge in [0.25, 0.3) is 5.91 Å². The molecule has 0 atom stereocenters. The minimum absolute atomic E-state index is 0.163. The van der Waals surface area contributed by atoms with Crippen molar-refractivity contribution in [3.05, 3.63) is 59.7 Å². The summed E-state index contributed by atoms with van der Waals surface area (Å²) in [4.78, 5) is 17.4. The van der Waals surface area contributed by atoms with Gasteiger partial charge in [-0.1, -0.05) is 0 Å². The highest BCUT2D eigenvalue weighted by Gasteiger charge is 2.28. The zero-order valence-corrected chi connectivity index (χ0v) is 14.7. The summed E-state index contributed by atoms with van der Waals surface area (Å²) in [5, 5.41) is 11.8. The van der Waals surface area contributed by atoms with Gasteiger partial charge < -0.3 is 15.1 Å². The monoisotopic (exact) mass is 346 g/mol. The van der Waals surface area contributed by atoms with Gasteiger partial charge >= 0.3 is 0 Å². The first kappa shape index (κ1) is 16.6. The molecular weight excluding hydrogens is 324 g/mol. The molecule has 0 unspecified atom stereocenters. The Bertz CT molecular complexity index is 815. The number of benzene rings is 2. The molecule has 0 saturated carbocycles. The van der Waals surface area contributed by atoms with E-state index in [1.54, 1.807) is 24.3 Å². The fourth-order valence-electron chi connectivity index (χ4n) is 3.86. The highest BCUT2D eigenvalue weighted by Crippen LogP contribution is 2.27. The number of piperidine rings is 1. The van der Waals surface area contributed by atoms with Gasteiger partial charge in [0.2, 0.25) is 0 Å². The van der Waals surface area contributed by atoms with Crippen LogP contribution in [0.1, 0.15) is 28.8 Å². The Morgan fingerprint density at radius 2 is 1.65 bits per heavy atom. The number of fused-ring (bicyclic) bond motifs is 4. The van der Waals surface area contributed by atoms with E-state index in [1.807, 2.05) is 12.1 Å². The highest BCUT2D eigenvalue weighted by atomic mass is 16.1. The highest BCUT2D eigenvalue weighted by molar-refractivity contribution is 6.04. The van der Waals surface area contributed by atoms with Crippen LogP contribution in [0, 0.1) is 11.3 Å². The molecule has 2 bridgehead atoms.